The fraction of sp³-hybridized carbons (Fsp3) is 0.667. The minimum atomic E-state index is -0.469. The number of furan rings is 1. The van der Waals surface area contributed by atoms with Crippen LogP contribution in [0.25, 0.3) is 0 Å². The minimum Gasteiger partial charge on any atom is -0.464 e. The van der Waals surface area contributed by atoms with E-state index < -0.39 is 5.60 Å². The first-order valence-corrected chi connectivity index (χ1v) is 6.79. The van der Waals surface area contributed by atoms with E-state index in [0.29, 0.717) is 12.5 Å². The zero-order valence-electron chi connectivity index (χ0n) is 12.4. The Labute approximate surface area is 114 Å². The molecule has 0 aromatic carbocycles. The van der Waals surface area contributed by atoms with E-state index in [9.17, 15) is 4.79 Å². The standard InChI is InChI=1S/C15H23NO3/c1-10-8-12(10)13-7-6-11(18-13)9-16(5)14(17)19-15(2,3)4/h6-7,10,12H,8-9H2,1-5H3. The van der Waals surface area contributed by atoms with E-state index in [1.54, 1.807) is 7.05 Å². The molecule has 1 saturated carbocycles. The van der Waals surface area contributed by atoms with Crippen molar-refractivity contribution in [3.05, 3.63) is 23.7 Å². The highest BCUT2D eigenvalue weighted by molar-refractivity contribution is 5.67. The summed E-state index contributed by atoms with van der Waals surface area (Å²) < 4.78 is 11.1. The normalized spacial score (nSPS) is 22.2. The maximum Gasteiger partial charge on any atom is 0.410 e. The summed E-state index contributed by atoms with van der Waals surface area (Å²) in [6.07, 6.45) is 0.875. The molecule has 0 radical (unpaired) electrons. The van der Waals surface area contributed by atoms with E-state index in [2.05, 4.69) is 6.92 Å². The molecular weight excluding hydrogens is 242 g/mol. The molecule has 106 valence electrons. The summed E-state index contributed by atoms with van der Waals surface area (Å²) in [5.41, 5.74) is -0.469. The lowest BCUT2D eigenvalue weighted by atomic mass is 10.2. The average molecular weight is 265 g/mol. The number of rotatable bonds is 3. The summed E-state index contributed by atoms with van der Waals surface area (Å²) in [7, 11) is 1.72. The van der Waals surface area contributed by atoms with Crippen molar-refractivity contribution in [1.82, 2.24) is 4.90 Å². The fourth-order valence-corrected chi connectivity index (χ4v) is 2.04. The highest BCUT2D eigenvalue weighted by Gasteiger charge is 2.36. The number of hydrogen-bond acceptors (Lipinski definition) is 3. The van der Waals surface area contributed by atoms with Crippen molar-refractivity contribution < 1.29 is 13.9 Å². The lowest BCUT2D eigenvalue weighted by Gasteiger charge is -2.24. The van der Waals surface area contributed by atoms with E-state index >= 15 is 0 Å². The Balaban J connectivity index is 1.89. The van der Waals surface area contributed by atoms with Crippen LogP contribution in [0.3, 0.4) is 0 Å². The Hall–Kier alpha value is -1.45. The molecule has 1 aliphatic rings. The van der Waals surface area contributed by atoms with Gasteiger partial charge in [-0.15, -0.1) is 0 Å². The van der Waals surface area contributed by atoms with Gasteiger partial charge in [0.05, 0.1) is 6.54 Å². The zero-order valence-corrected chi connectivity index (χ0v) is 12.4. The third kappa shape index (κ3) is 3.75. The maximum atomic E-state index is 11.8. The molecule has 4 heteroatoms. The number of carbonyl (C=O) groups is 1. The highest BCUT2D eigenvalue weighted by Crippen LogP contribution is 2.47. The maximum absolute atomic E-state index is 11.8. The molecular formula is C15H23NO3. The number of hydrogen-bond donors (Lipinski definition) is 0. The fourth-order valence-electron chi connectivity index (χ4n) is 2.04. The van der Waals surface area contributed by atoms with E-state index in [1.807, 2.05) is 32.9 Å². The Morgan fingerprint density at radius 2 is 2.11 bits per heavy atom. The first-order chi connectivity index (χ1) is 8.76. The predicted octanol–water partition coefficient (Wildman–Crippen LogP) is 3.77. The van der Waals surface area contributed by atoms with Crippen molar-refractivity contribution in [3.8, 4) is 0 Å². The van der Waals surface area contributed by atoms with Gasteiger partial charge in [-0.3, -0.25) is 0 Å². The van der Waals surface area contributed by atoms with Gasteiger partial charge in [-0.05, 0) is 45.2 Å². The van der Waals surface area contributed by atoms with Crippen LogP contribution in [0.1, 0.15) is 51.6 Å². The second kappa shape index (κ2) is 4.91. The van der Waals surface area contributed by atoms with Gasteiger partial charge in [0, 0.05) is 13.0 Å². The van der Waals surface area contributed by atoms with Crippen molar-refractivity contribution in [3.63, 3.8) is 0 Å². The summed E-state index contributed by atoms with van der Waals surface area (Å²) in [6, 6.07) is 3.97. The quantitative estimate of drug-likeness (QED) is 0.835. The van der Waals surface area contributed by atoms with Crippen LogP contribution in [-0.2, 0) is 11.3 Å². The van der Waals surface area contributed by atoms with Crippen molar-refractivity contribution in [2.75, 3.05) is 7.05 Å². The molecule has 0 bridgehead atoms. The van der Waals surface area contributed by atoms with Gasteiger partial charge in [0.15, 0.2) is 0 Å². The molecule has 2 unspecified atom stereocenters. The van der Waals surface area contributed by atoms with Crippen LogP contribution in [0.5, 0.6) is 0 Å². The predicted molar refractivity (Wildman–Crippen MR) is 72.9 cm³/mol. The monoisotopic (exact) mass is 265 g/mol. The summed E-state index contributed by atoms with van der Waals surface area (Å²) in [6.45, 7) is 8.24. The molecule has 1 aliphatic carbocycles. The van der Waals surface area contributed by atoms with E-state index in [-0.39, 0.29) is 6.09 Å². The lowest BCUT2D eigenvalue weighted by Crippen LogP contribution is -2.33. The Morgan fingerprint density at radius 1 is 1.47 bits per heavy atom. The average Bonchev–Trinajstić information content (AvgIpc) is 2.82. The number of ether oxygens (including phenoxy) is 1. The van der Waals surface area contributed by atoms with Crippen LogP contribution in [0.15, 0.2) is 16.5 Å². The van der Waals surface area contributed by atoms with Crippen molar-refractivity contribution >= 4 is 6.09 Å². The van der Waals surface area contributed by atoms with Gasteiger partial charge in [0.1, 0.15) is 17.1 Å². The molecule has 0 aliphatic heterocycles. The molecule has 1 amide bonds. The van der Waals surface area contributed by atoms with Crippen molar-refractivity contribution in [1.29, 1.82) is 0 Å². The van der Waals surface area contributed by atoms with Gasteiger partial charge in [-0.2, -0.15) is 0 Å². The van der Waals surface area contributed by atoms with Crippen LogP contribution in [0, 0.1) is 5.92 Å². The number of carbonyl (C=O) groups excluding carboxylic acids is 1. The topological polar surface area (TPSA) is 42.7 Å². The molecule has 4 nitrogen and oxygen atoms in total. The van der Waals surface area contributed by atoms with Gasteiger partial charge in [-0.25, -0.2) is 4.79 Å². The van der Waals surface area contributed by atoms with Crippen LogP contribution in [-0.4, -0.2) is 23.6 Å². The first-order valence-electron chi connectivity index (χ1n) is 6.79. The summed E-state index contributed by atoms with van der Waals surface area (Å²) in [4.78, 5) is 13.4. The summed E-state index contributed by atoms with van der Waals surface area (Å²) in [5, 5.41) is 0. The van der Waals surface area contributed by atoms with Gasteiger partial charge in [0.25, 0.3) is 0 Å². The van der Waals surface area contributed by atoms with E-state index in [4.69, 9.17) is 9.15 Å². The SMILES string of the molecule is CC1CC1c1ccc(CN(C)C(=O)OC(C)(C)C)o1. The molecule has 1 fully saturated rings. The zero-order chi connectivity index (χ0) is 14.2. The van der Waals surface area contributed by atoms with Crippen LogP contribution >= 0.6 is 0 Å². The van der Waals surface area contributed by atoms with Gasteiger partial charge in [-0.1, -0.05) is 6.92 Å². The van der Waals surface area contributed by atoms with Crippen LogP contribution in [0.4, 0.5) is 4.79 Å². The van der Waals surface area contributed by atoms with Gasteiger partial charge >= 0.3 is 6.09 Å². The van der Waals surface area contributed by atoms with Crippen LogP contribution in [0.2, 0.25) is 0 Å². The Morgan fingerprint density at radius 3 is 2.63 bits per heavy atom. The molecule has 1 aromatic rings. The molecule has 0 N–H and O–H groups in total. The summed E-state index contributed by atoms with van der Waals surface area (Å²) in [5.74, 6) is 3.14. The summed E-state index contributed by atoms with van der Waals surface area (Å²) >= 11 is 0. The van der Waals surface area contributed by atoms with E-state index in [1.165, 1.54) is 11.3 Å². The van der Waals surface area contributed by atoms with E-state index in [0.717, 1.165) is 17.4 Å². The third-order valence-electron chi connectivity index (χ3n) is 3.26. The molecule has 0 spiro atoms. The number of nitrogens with zero attached hydrogens (tertiary/aromatic N) is 1. The van der Waals surface area contributed by atoms with Gasteiger partial charge < -0.3 is 14.1 Å². The second-order valence-electron chi connectivity index (χ2n) is 6.46. The number of amides is 1. The molecule has 2 atom stereocenters. The Bertz CT molecular complexity index is 458. The third-order valence-corrected chi connectivity index (χ3v) is 3.26. The molecule has 1 heterocycles. The first kappa shape index (κ1) is 14.0. The second-order valence-corrected chi connectivity index (χ2v) is 6.46. The highest BCUT2D eigenvalue weighted by atomic mass is 16.6. The Kier molecular flexibility index (Phi) is 3.61. The van der Waals surface area contributed by atoms with Gasteiger partial charge in [0.2, 0.25) is 0 Å². The van der Waals surface area contributed by atoms with Crippen LogP contribution < -0.4 is 0 Å². The largest absolute Gasteiger partial charge is 0.464 e. The smallest absolute Gasteiger partial charge is 0.410 e. The molecule has 19 heavy (non-hydrogen) atoms. The van der Waals surface area contributed by atoms with Crippen molar-refractivity contribution in [2.24, 2.45) is 5.92 Å². The molecule has 0 saturated heterocycles. The lowest BCUT2D eigenvalue weighted by molar-refractivity contribution is 0.0274. The molecule has 2 rings (SSSR count). The molecule has 1 aromatic heterocycles. The van der Waals surface area contributed by atoms with Crippen molar-refractivity contribution in [2.45, 2.75) is 52.2 Å². The minimum absolute atomic E-state index is 0.328.